The minimum absolute atomic E-state index is 0.0155. The van der Waals surface area contributed by atoms with E-state index in [0.29, 0.717) is 29.3 Å². The molecule has 0 bridgehead atoms. The number of aliphatic hydroxyl groups is 1. The Morgan fingerprint density at radius 1 is 0.574 bits per heavy atom. The Balaban J connectivity index is 1.87. The molecule has 0 saturated carbocycles. The zero-order valence-electron chi connectivity index (χ0n) is 63.8. The van der Waals surface area contributed by atoms with Gasteiger partial charge in [0.05, 0.1) is 63.8 Å². The fraction of sp³-hybridized carbons (Fsp3) is 0.534. The molecular weight excluding hydrogens is 1520 g/mol. The van der Waals surface area contributed by atoms with E-state index in [9.17, 15) is 121 Å². The van der Waals surface area contributed by atoms with E-state index in [-0.39, 0.29) is 43.5 Å². The number of rotatable bonds is 35. The van der Waals surface area contributed by atoms with Crippen molar-refractivity contribution in [2.75, 3.05) is 32.0 Å². The van der Waals surface area contributed by atoms with E-state index >= 15 is 0 Å². The standard InChI is InChI=1S/C73H102N16O26/c1-5-6-7-8-9-10-11-22-55(94)82-46(25-40-32-77-44-20-15-13-17-41(40)44)68(109)85-47(28-54(76)93)69(110)87-50(31-61(103)104)70(111)89-63-38(4)115-73(114)39(26-52(91)42-18-12-14-19-43(42)75)27-53(92)62(36(2)24-58(97)98)88-71(112)51(35-90)83-57(96)33-78-65(106)48(29-59(99)100)84-64(105)37(3)80-67(108)49(30-60(101)102)86-66(107)45(21-16-23-74)81-56(95)34-79-72(63)113/h12-15,17-20,32,36-39,45-51,62-63,77,90H,5-11,16,21-31,33-35,74-75H2,1-4H3,(H2,76,93)(H,78,106)(H,79,113)(H,80,108)(H,81,95)(H,82,94)(H,83,96)(H,84,105)(H,85,109)(H,86,107)(H,87,110)(H,88,112)(H,89,111)(H,97,98)(H,99,100)(H,101,102)(H,103,104)/t36?,37?,38?,39?,45?,46-,47+,48?,49?,50?,51?,62?,63?/m0/s1. The van der Waals surface area contributed by atoms with Crippen molar-refractivity contribution in [3.05, 3.63) is 65.9 Å². The van der Waals surface area contributed by atoms with E-state index in [0.717, 1.165) is 52.9 Å². The van der Waals surface area contributed by atoms with Crippen LogP contribution in [0.2, 0.25) is 0 Å². The number of primary amides is 1. The number of carbonyl (C=O) groups excluding carboxylic acids is 16. The van der Waals surface area contributed by atoms with Gasteiger partial charge < -0.3 is 116 Å². The molecule has 1 aliphatic rings. The first-order chi connectivity index (χ1) is 54.4. The van der Waals surface area contributed by atoms with Crippen LogP contribution in [0.4, 0.5) is 5.69 Å². The maximum Gasteiger partial charge on any atom is 0.310 e. The Morgan fingerprint density at radius 3 is 1.72 bits per heavy atom. The van der Waals surface area contributed by atoms with Crippen molar-refractivity contribution < 1.29 is 126 Å². The first kappa shape index (κ1) is 94.9. The number of fused-ring (bicyclic) bond motifs is 1. The van der Waals surface area contributed by atoms with Crippen molar-refractivity contribution in [3.8, 4) is 0 Å². The predicted molar refractivity (Wildman–Crippen MR) is 401 cm³/mol. The Hall–Kier alpha value is -12.5. The van der Waals surface area contributed by atoms with Gasteiger partial charge in [0, 0.05) is 54.0 Å². The number of hydrogen-bond acceptors (Lipinski definition) is 24. The van der Waals surface area contributed by atoms with Crippen LogP contribution in [-0.4, -0.2) is 241 Å². The summed E-state index contributed by atoms with van der Waals surface area (Å²) < 4.78 is 5.74. The van der Waals surface area contributed by atoms with Gasteiger partial charge in [-0.1, -0.05) is 82.7 Å². The number of cyclic esters (lactones) is 1. The average molecular weight is 1620 g/mol. The Labute approximate surface area is 658 Å². The number of aromatic amines is 1. The van der Waals surface area contributed by atoms with E-state index in [1.165, 1.54) is 24.3 Å². The first-order valence-electron chi connectivity index (χ1n) is 37.0. The number of carboxylic acid groups (broad SMARTS) is 4. The highest BCUT2D eigenvalue weighted by Crippen LogP contribution is 2.25. The van der Waals surface area contributed by atoms with Gasteiger partial charge in [0.1, 0.15) is 60.5 Å². The number of ketones is 2. The van der Waals surface area contributed by atoms with Crippen molar-refractivity contribution in [2.24, 2.45) is 23.3 Å². The SMILES string of the molecule is CCCCCCCCCC(=O)N[C@@H](Cc1c[nH]c2ccccc12)C(=O)N[C@H](CC(N)=O)C(=O)NC(CC(=O)O)C(=O)NC1C(=O)NCC(=O)NC(CCCN)C(=O)NC(CC(=O)O)C(=O)NC(C)C(=O)NC(CC(=O)O)C(=O)NCC(=O)NC(CO)C(=O)NC(C(C)CC(=O)O)C(=O)CC(CC(=O)c2ccccc2N)C(=O)OC1C. The number of benzene rings is 2. The van der Waals surface area contributed by atoms with Gasteiger partial charge in [-0.3, -0.25) is 95.9 Å². The number of carboxylic acids is 4. The Kier molecular flexibility index (Phi) is 39.4. The summed E-state index contributed by atoms with van der Waals surface area (Å²) >= 11 is 0. The van der Waals surface area contributed by atoms with E-state index in [1.807, 2.05) is 16.0 Å². The van der Waals surface area contributed by atoms with E-state index < -0.39 is 261 Å². The van der Waals surface area contributed by atoms with Crippen molar-refractivity contribution in [3.63, 3.8) is 0 Å². The molecule has 13 atom stereocenters. The number of Topliss-reactive ketones (excluding diaryl/α,β-unsaturated/α-hetero) is 2. The maximum absolute atomic E-state index is 14.9. The highest BCUT2D eigenvalue weighted by Gasteiger charge is 2.41. The lowest BCUT2D eigenvalue weighted by atomic mass is 9.86. The third-order valence-corrected chi connectivity index (χ3v) is 18.1. The molecule has 1 aliphatic heterocycles. The average Bonchev–Trinajstić information content (AvgIpc) is 1.72. The number of nitrogens with two attached hydrogens (primary N) is 3. The van der Waals surface area contributed by atoms with Crippen molar-refractivity contribution in [1.29, 1.82) is 0 Å². The van der Waals surface area contributed by atoms with Gasteiger partial charge in [-0.25, -0.2) is 0 Å². The van der Waals surface area contributed by atoms with Crippen LogP contribution in [0.1, 0.15) is 153 Å². The minimum Gasteiger partial charge on any atom is -0.481 e. The summed E-state index contributed by atoms with van der Waals surface area (Å²) in [6, 6.07) is -7.90. The van der Waals surface area contributed by atoms with Crippen LogP contribution in [0.25, 0.3) is 10.9 Å². The second-order valence-corrected chi connectivity index (χ2v) is 27.6. The number of aliphatic carboxylic acids is 4. The summed E-state index contributed by atoms with van der Waals surface area (Å²) in [7, 11) is 0. The zero-order chi connectivity index (χ0) is 85.8. The molecule has 1 fully saturated rings. The van der Waals surface area contributed by atoms with Gasteiger partial charge in [0.25, 0.3) is 0 Å². The smallest absolute Gasteiger partial charge is 0.310 e. The molecule has 1 aromatic heterocycles. The quantitative estimate of drug-likeness (QED) is 0.0114. The second kappa shape index (κ2) is 47.8. The normalized spacial score (nSPS) is 21.3. The molecule has 42 nitrogen and oxygen atoms in total. The van der Waals surface area contributed by atoms with Crippen LogP contribution in [0.5, 0.6) is 0 Å². The molecular formula is C73H102N16O26. The summed E-state index contributed by atoms with van der Waals surface area (Å²) in [6.45, 7) is 1.24. The minimum atomic E-state index is -2.42. The molecule has 24 N–H and O–H groups in total. The lowest BCUT2D eigenvalue weighted by molar-refractivity contribution is -0.158. The largest absolute Gasteiger partial charge is 0.481 e. The maximum atomic E-state index is 14.9. The molecule has 4 rings (SSSR count). The first-order valence-corrected chi connectivity index (χ1v) is 37.0. The molecule has 1 saturated heterocycles. The number of esters is 1. The summed E-state index contributed by atoms with van der Waals surface area (Å²) in [5.41, 5.74) is 18.2. The zero-order valence-corrected chi connectivity index (χ0v) is 63.8. The van der Waals surface area contributed by atoms with Crippen LogP contribution in [-0.2, 0) is 102 Å². The van der Waals surface area contributed by atoms with Gasteiger partial charge in [0.2, 0.25) is 76.8 Å². The fourth-order valence-electron chi connectivity index (χ4n) is 12.0. The second-order valence-electron chi connectivity index (χ2n) is 27.6. The lowest BCUT2D eigenvalue weighted by Gasteiger charge is -2.29. The molecule has 2 aromatic carbocycles. The van der Waals surface area contributed by atoms with Crippen LogP contribution in [0.3, 0.4) is 0 Å². The fourth-order valence-corrected chi connectivity index (χ4v) is 12.0. The highest BCUT2D eigenvalue weighted by atomic mass is 16.5. The van der Waals surface area contributed by atoms with Crippen molar-refractivity contribution in [2.45, 2.75) is 210 Å². The molecule has 42 heteroatoms. The number of aromatic nitrogens is 1. The Bertz CT molecular complexity index is 4040. The number of anilines is 1. The number of para-hydroxylation sites is 2. The molecule has 11 unspecified atom stereocenters. The van der Waals surface area contributed by atoms with Crippen LogP contribution < -0.4 is 81.0 Å². The predicted octanol–water partition coefficient (Wildman–Crippen LogP) is -4.53. The van der Waals surface area contributed by atoms with Crippen LogP contribution in [0.15, 0.2) is 54.7 Å². The molecule has 0 spiro atoms. The van der Waals surface area contributed by atoms with E-state index in [2.05, 4.69) is 59.8 Å². The highest BCUT2D eigenvalue weighted by molar-refractivity contribution is 6.05. The van der Waals surface area contributed by atoms with Gasteiger partial charge >= 0.3 is 29.8 Å². The summed E-state index contributed by atoms with van der Waals surface area (Å²) in [6.07, 6.45) is -3.29. The Morgan fingerprint density at radius 2 is 1.12 bits per heavy atom. The summed E-state index contributed by atoms with van der Waals surface area (Å²) in [5.74, 6) is -31.1. The van der Waals surface area contributed by atoms with Crippen molar-refractivity contribution >= 4 is 135 Å². The van der Waals surface area contributed by atoms with Crippen LogP contribution >= 0.6 is 0 Å². The third kappa shape index (κ3) is 32.6. The van der Waals surface area contributed by atoms with E-state index in [1.54, 1.807) is 30.5 Å². The molecule has 115 heavy (non-hydrogen) atoms. The number of H-pyrrole nitrogens is 1. The monoisotopic (exact) mass is 1620 g/mol. The number of nitrogens with one attached hydrogen (secondary N) is 13. The van der Waals surface area contributed by atoms with Crippen LogP contribution in [0, 0.1) is 11.8 Å². The van der Waals surface area contributed by atoms with Gasteiger partial charge in [-0.2, -0.15) is 0 Å². The van der Waals surface area contributed by atoms with Gasteiger partial charge in [-0.15, -0.1) is 0 Å². The van der Waals surface area contributed by atoms with E-state index in [4.69, 9.17) is 21.9 Å². The van der Waals surface area contributed by atoms with Crippen molar-refractivity contribution in [1.82, 2.24) is 68.8 Å². The number of carbonyl (C=O) groups is 20. The number of ether oxygens (including phenoxy) is 1. The number of amides is 13. The molecule has 0 aliphatic carbocycles. The summed E-state index contributed by atoms with van der Waals surface area (Å²) in [4.78, 5) is 276. The lowest BCUT2D eigenvalue weighted by Crippen LogP contribution is -2.61. The number of unbranched alkanes of at least 4 members (excludes halogenated alkanes) is 6. The number of hydrogen-bond donors (Lipinski definition) is 21. The molecule has 2 heterocycles. The third-order valence-electron chi connectivity index (χ3n) is 18.1. The number of nitrogen functional groups attached to an aromatic ring is 1. The molecule has 13 amide bonds. The van der Waals surface area contributed by atoms with Gasteiger partial charge in [0.15, 0.2) is 11.6 Å². The molecule has 3 aromatic rings. The van der Waals surface area contributed by atoms with Gasteiger partial charge in [-0.05, 0) is 69.3 Å². The summed E-state index contributed by atoms with van der Waals surface area (Å²) in [5, 5.41) is 76.7. The topological polar surface area (TPSA) is 690 Å². The molecule has 0 radical (unpaired) electrons. The molecule has 630 valence electrons. The number of aliphatic hydroxyl groups excluding tert-OH is 1.